The Hall–Kier alpha value is -2.12. The van der Waals surface area contributed by atoms with E-state index in [1.807, 2.05) is 6.92 Å². The van der Waals surface area contributed by atoms with Crippen LogP contribution in [0.25, 0.3) is 0 Å². The molecule has 1 atom stereocenters. The molecule has 0 rings (SSSR count). The van der Waals surface area contributed by atoms with Crippen molar-refractivity contribution in [3.63, 3.8) is 0 Å². The van der Waals surface area contributed by atoms with Gasteiger partial charge in [0.1, 0.15) is 0 Å². The zero-order valence-corrected chi connectivity index (χ0v) is 41.7. The molecule has 0 saturated carbocycles. The number of carboxylic acid groups (broad SMARTS) is 3. The van der Waals surface area contributed by atoms with E-state index in [4.69, 9.17) is 34.4 Å². The molecular formula is C52H104O8. The van der Waals surface area contributed by atoms with Crippen LogP contribution in [-0.4, -0.2) is 45.8 Å². The summed E-state index contributed by atoms with van der Waals surface area (Å²) in [6, 6.07) is 0. The summed E-state index contributed by atoms with van der Waals surface area (Å²) in [5.41, 5.74) is 0.269. The van der Waals surface area contributed by atoms with Gasteiger partial charge in [0.05, 0.1) is 12.0 Å². The fourth-order valence-electron chi connectivity index (χ4n) is 8.87. The zero-order chi connectivity index (χ0) is 46.3. The van der Waals surface area contributed by atoms with Crippen LogP contribution in [0.5, 0.6) is 0 Å². The maximum absolute atomic E-state index is 13.8. The summed E-state index contributed by atoms with van der Waals surface area (Å²) in [4.78, 5) is 40.8. The van der Waals surface area contributed by atoms with Crippen molar-refractivity contribution < 1.29 is 39.2 Å². The van der Waals surface area contributed by atoms with E-state index in [1.54, 1.807) is 0 Å². The Morgan fingerprint density at radius 1 is 0.383 bits per heavy atom. The minimum atomic E-state index is -0.833. The predicted octanol–water partition coefficient (Wildman–Crippen LogP) is 16.8. The molecule has 360 valence electrons. The lowest BCUT2D eigenvalue weighted by atomic mass is 9.62. The maximum atomic E-state index is 13.8. The molecule has 0 radical (unpaired) electrons. The van der Waals surface area contributed by atoms with E-state index in [2.05, 4.69) is 41.5 Å². The predicted molar refractivity (Wildman–Crippen MR) is 256 cm³/mol. The summed E-state index contributed by atoms with van der Waals surface area (Å²) in [6.45, 7) is 19.8. The number of carbonyl (C=O) groups excluding carboxylic acids is 1. The highest BCUT2D eigenvalue weighted by atomic mass is 16.5. The molecule has 60 heavy (non-hydrogen) atoms. The van der Waals surface area contributed by atoms with Crippen LogP contribution in [0.3, 0.4) is 0 Å². The van der Waals surface area contributed by atoms with Gasteiger partial charge in [-0.3, -0.25) is 19.2 Å². The molecule has 0 aliphatic carbocycles. The minimum absolute atomic E-state index is 0.131. The largest absolute Gasteiger partial charge is 0.481 e. The molecule has 8 heteroatoms. The van der Waals surface area contributed by atoms with Gasteiger partial charge < -0.3 is 20.1 Å². The van der Waals surface area contributed by atoms with Crippen LogP contribution >= 0.6 is 0 Å². The molecule has 3 N–H and O–H groups in total. The van der Waals surface area contributed by atoms with Crippen LogP contribution in [0, 0.1) is 16.7 Å². The number of rotatable bonds is 38. The second-order valence-electron chi connectivity index (χ2n) is 17.8. The van der Waals surface area contributed by atoms with Gasteiger partial charge in [-0.2, -0.15) is 0 Å². The van der Waals surface area contributed by atoms with Gasteiger partial charge in [0.25, 0.3) is 17.9 Å². The van der Waals surface area contributed by atoms with Crippen molar-refractivity contribution in [2.24, 2.45) is 16.7 Å². The average Bonchev–Trinajstić information content (AvgIpc) is 3.18. The van der Waals surface area contributed by atoms with Crippen molar-refractivity contribution in [1.29, 1.82) is 0 Å². The topological polar surface area (TPSA) is 138 Å². The van der Waals surface area contributed by atoms with Gasteiger partial charge >= 0.3 is 5.97 Å². The fourth-order valence-corrected chi connectivity index (χ4v) is 8.87. The molecule has 0 amide bonds. The Balaban J connectivity index is -0.00000114. The van der Waals surface area contributed by atoms with Crippen molar-refractivity contribution in [1.82, 2.24) is 0 Å². The molecule has 0 saturated heterocycles. The molecule has 8 nitrogen and oxygen atoms in total. The van der Waals surface area contributed by atoms with E-state index in [0.29, 0.717) is 12.0 Å². The number of aliphatic carboxylic acids is 3. The molecule has 0 fully saturated rings. The van der Waals surface area contributed by atoms with E-state index in [1.165, 1.54) is 199 Å². The summed E-state index contributed by atoms with van der Waals surface area (Å²) in [7, 11) is 0. The van der Waals surface area contributed by atoms with E-state index < -0.39 is 17.9 Å². The van der Waals surface area contributed by atoms with Gasteiger partial charge in [0, 0.05) is 20.8 Å². The molecule has 0 heterocycles. The standard InChI is InChI=1S/C46H92O2.3C2H4O2/c1-8-15-21-27-35-43(45(37-29-22-16-9-2,38-30-23-17-10-3)39-31-24-18-11-4)36-28-34-42-46(44(47)48-14-7,40-32-25-19-12-5)41-33-26-20-13-6;3*1-2(3)4/h43H,8-42H2,1-7H3;3*1H3,(H,3,4). The van der Waals surface area contributed by atoms with Crippen molar-refractivity contribution >= 4 is 23.9 Å². The van der Waals surface area contributed by atoms with Crippen LogP contribution in [-0.2, 0) is 23.9 Å². The molecule has 0 aliphatic rings. The molecule has 0 aromatic heterocycles. The highest BCUT2D eigenvalue weighted by molar-refractivity contribution is 5.76. The Morgan fingerprint density at radius 2 is 0.617 bits per heavy atom. The first-order valence-electron chi connectivity index (χ1n) is 25.4. The summed E-state index contributed by atoms with van der Waals surface area (Å²) in [5, 5.41) is 22.2. The van der Waals surface area contributed by atoms with Crippen molar-refractivity contribution in [3.8, 4) is 0 Å². The molecular weight excluding hydrogens is 753 g/mol. The molecule has 0 spiro atoms. The van der Waals surface area contributed by atoms with Crippen LogP contribution in [0.4, 0.5) is 0 Å². The zero-order valence-electron chi connectivity index (χ0n) is 41.7. The number of carbonyl (C=O) groups is 4. The van der Waals surface area contributed by atoms with E-state index in [-0.39, 0.29) is 11.4 Å². The van der Waals surface area contributed by atoms with E-state index >= 15 is 0 Å². The number of unbranched alkanes of at least 4 members (excludes halogenated alkanes) is 19. The van der Waals surface area contributed by atoms with Gasteiger partial charge in [0.2, 0.25) is 0 Å². The number of esters is 1. The van der Waals surface area contributed by atoms with E-state index in [0.717, 1.165) is 46.0 Å². The van der Waals surface area contributed by atoms with Crippen LogP contribution in [0.2, 0.25) is 0 Å². The van der Waals surface area contributed by atoms with Gasteiger partial charge in [-0.1, -0.05) is 208 Å². The second kappa shape index (κ2) is 47.9. The van der Waals surface area contributed by atoms with Gasteiger partial charge in [-0.25, -0.2) is 0 Å². The third kappa shape index (κ3) is 44.0. The van der Waals surface area contributed by atoms with Crippen LogP contribution < -0.4 is 0 Å². The monoisotopic (exact) mass is 857 g/mol. The lowest BCUT2D eigenvalue weighted by molar-refractivity contribution is -0.157. The lowest BCUT2D eigenvalue weighted by Gasteiger charge is -2.43. The van der Waals surface area contributed by atoms with Gasteiger partial charge in [-0.05, 0) is 69.6 Å². The molecule has 0 aliphatic heterocycles. The summed E-state index contributed by atoms with van der Waals surface area (Å²) in [6.07, 6.45) is 45.0. The first-order valence-corrected chi connectivity index (χ1v) is 25.4. The van der Waals surface area contributed by atoms with Gasteiger partial charge in [-0.15, -0.1) is 0 Å². The first-order chi connectivity index (χ1) is 28.6. The van der Waals surface area contributed by atoms with Crippen molar-refractivity contribution in [2.75, 3.05) is 6.61 Å². The highest BCUT2D eigenvalue weighted by Gasteiger charge is 2.39. The third-order valence-corrected chi connectivity index (χ3v) is 12.0. The lowest BCUT2D eigenvalue weighted by Crippen LogP contribution is -2.34. The van der Waals surface area contributed by atoms with Crippen molar-refractivity contribution in [3.05, 3.63) is 0 Å². The highest BCUT2D eigenvalue weighted by Crippen LogP contribution is 2.49. The fraction of sp³-hybridized carbons (Fsp3) is 0.923. The molecule has 0 aromatic carbocycles. The number of hydrogen-bond donors (Lipinski definition) is 3. The normalized spacial score (nSPS) is 11.6. The number of hydrogen-bond acceptors (Lipinski definition) is 5. The second-order valence-corrected chi connectivity index (χ2v) is 17.8. The Morgan fingerprint density at radius 3 is 0.883 bits per heavy atom. The maximum Gasteiger partial charge on any atom is 0.312 e. The summed E-state index contributed by atoms with van der Waals surface area (Å²) in [5.74, 6) is -1.52. The Kier molecular flexibility index (Phi) is 51.5. The van der Waals surface area contributed by atoms with Crippen LogP contribution in [0.1, 0.15) is 288 Å². The Bertz CT molecular complexity index is 864. The summed E-state index contributed by atoms with van der Waals surface area (Å²) >= 11 is 0. The van der Waals surface area contributed by atoms with Crippen molar-refractivity contribution in [2.45, 2.75) is 288 Å². The minimum Gasteiger partial charge on any atom is -0.481 e. The number of ether oxygens (including phenoxy) is 1. The van der Waals surface area contributed by atoms with Gasteiger partial charge in [0.15, 0.2) is 0 Å². The first kappa shape index (κ1) is 64.5. The third-order valence-electron chi connectivity index (χ3n) is 12.0. The van der Waals surface area contributed by atoms with E-state index in [9.17, 15) is 4.79 Å². The summed E-state index contributed by atoms with van der Waals surface area (Å²) < 4.78 is 5.88. The molecule has 0 bridgehead atoms. The molecule has 0 aromatic rings. The average molecular weight is 857 g/mol. The smallest absolute Gasteiger partial charge is 0.312 e. The van der Waals surface area contributed by atoms with Crippen LogP contribution in [0.15, 0.2) is 0 Å². The Labute approximate surface area is 373 Å². The quantitative estimate of drug-likeness (QED) is 0.0412. The number of carboxylic acids is 3. The SMILES string of the molecule is CC(=O)O.CC(=O)O.CC(=O)O.CCCCCCC(CCCCC(CCCCCC)(CCCCCC)C(=O)OCC)C(CCCCCC)(CCCCCC)CCCCCC. The molecule has 1 unspecified atom stereocenters.